The zero-order valence-corrected chi connectivity index (χ0v) is 18.3. The number of halogens is 2. The van der Waals surface area contributed by atoms with Crippen LogP contribution in [0, 0.1) is 5.92 Å². The molecule has 1 spiro atoms. The lowest BCUT2D eigenvalue weighted by atomic mass is 9.51. The third-order valence-corrected chi connectivity index (χ3v) is 8.82. The van der Waals surface area contributed by atoms with Crippen LogP contribution < -0.4 is 14.8 Å². The number of alkyl halides is 1. The van der Waals surface area contributed by atoms with Crippen molar-refractivity contribution >= 4 is 31.9 Å². The molecule has 2 bridgehead atoms. The molecule has 1 saturated carbocycles. The highest BCUT2D eigenvalue weighted by Gasteiger charge is 2.72. The number of piperidine rings is 1. The van der Waals surface area contributed by atoms with E-state index < -0.39 is 5.79 Å². The van der Waals surface area contributed by atoms with E-state index in [1.54, 1.807) is 21.3 Å². The van der Waals surface area contributed by atoms with Crippen LogP contribution in [0.5, 0.6) is 11.5 Å². The second-order valence-electron chi connectivity index (χ2n) is 7.74. The van der Waals surface area contributed by atoms with E-state index in [1.807, 2.05) is 6.07 Å². The van der Waals surface area contributed by atoms with Gasteiger partial charge in [0.05, 0.1) is 11.9 Å². The van der Waals surface area contributed by atoms with Crippen LogP contribution >= 0.6 is 31.9 Å². The molecule has 2 aliphatic heterocycles. The maximum Gasteiger partial charge on any atom is 0.219 e. The Hall–Kier alpha value is -0.340. The molecule has 1 saturated heterocycles. The summed E-state index contributed by atoms with van der Waals surface area (Å²) in [5.74, 6) is 1.30. The average Bonchev–Trinajstić information content (AvgIpc) is 2.97. The third kappa shape index (κ3) is 1.87. The molecule has 2 heterocycles. The highest BCUT2D eigenvalue weighted by atomic mass is 79.9. The van der Waals surface area contributed by atoms with E-state index in [2.05, 4.69) is 37.2 Å². The van der Waals surface area contributed by atoms with Crippen molar-refractivity contribution in [1.82, 2.24) is 5.32 Å². The summed E-state index contributed by atoms with van der Waals surface area (Å²) < 4.78 is 25.5. The van der Waals surface area contributed by atoms with E-state index >= 15 is 0 Å². The molecule has 4 aliphatic rings. The lowest BCUT2D eigenvalue weighted by Crippen LogP contribution is -2.73. The van der Waals surface area contributed by atoms with E-state index in [4.69, 9.17) is 18.9 Å². The van der Waals surface area contributed by atoms with Gasteiger partial charge in [-0.3, -0.25) is 0 Å². The fourth-order valence-corrected chi connectivity index (χ4v) is 7.69. The van der Waals surface area contributed by atoms with Gasteiger partial charge in [0.1, 0.15) is 0 Å². The second-order valence-corrected chi connectivity index (χ2v) is 9.70. The number of hydrogen-bond donors (Lipinski definition) is 1. The van der Waals surface area contributed by atoms with E-state index in [9.17, 15) is 0 Å². The summed E-state index contributed by atoms with van der Waals surface area (Å²) >= 11 is 7.66. The lowest BCUT2D eigenvalue weighted by Gasteiger charge is -2.60. The molecule has 5 rings (SSSR count). The summed E-state index contributed by atoms with van der Waals surface area (Å²) in [5, 5.41) is 3.76. The molecule has 0 radical (unpaired) electrons. The Morgan fingerprint density at radius 3 is 2.73 bits per heavy atom. The van der Waals surface area contributed by atoms with Crippen LogP contribution in [-0.2, 0) is 21.3 Å². The Kier molecular flexibility index (Phi) is 3.98. The van der Waals surface area contributed by atoms with Crippen molar-refractivity contribution in [3.63, 3.8) is 0 Å². The molecule has 7 heteroatoms. The second kappa shape index (κ2) is 5.83. The first-order valence-corrected chi connectivity index (χ1v) is 10.8. The molecule has 0 amide bonds. The number of hydrogen-bond acceptors (Lipinski definition) is 5. The molecule has 5 nitrogen and oxygen atoms in total. The van der Waals surface area contributed by atoms with Crippen LogP contribution in [-0.4, -0.2) is 50.6 Å². The largest absolute Gasteiger partial charge is 0.493 e. The van der Waals surface area contributed by atoms with E-state index in [-0.39, 0.29) is 16.3 Å². The van der Waals surface area contributed by atoms with Crippen molar-refractivity contribution in [3.8, 4) is 11.5 Å². The fourth-order valence-electron chi connectivity index (χ4n) is 6.10. The molecule has 5 unspecified atom stereocenters. The predicted molar refractivity (Wildman–Crippen MR) is 104 cm³/mol. The van der Waals surface area contributed by atoms with Gasteiger partial charge in [0.15, 0.2) is 17.6 Å². The monoisotopic (exact) mass is 487 g/mol. The summed E-state index contributed by atoms with van der Waals surface area (Å²) in [4.78, 5) is 0.0563. The van der Waals surface area contributed by atoms with Crippen LogP contribution in [0.25, 0.3) is 0 Å². The molecule has 0 aromatic heterocycles. The Bertz CT molecular complexity index is 768. The molecule has 1 aromatic carbocycles. The van der Waals surface area contributed by atoms with Crippen LogP contribution in [0.3, 0.4) is 0 Å². The zero-order valence-electron chi connectivity index (χ0n) is 15.1. The molecular formula is C19H23Br2NO4. The number of methoxy groups -OCH3 is 3. The Morgan fingerprint density at radius 1 is 1.27 bits per heavy atom. The van der Waals surface area contributed by atoms with Crippen LogP contribution in [0.4, 0.5) is 0 Å². The van der Waals surface area contributed by atoms with Crippen molar-refractivity contribution in [1.29, 1.82) is 0 Å². The fraction of sp³-hybridized carbons (Fsp3) is 0.684. The van der Waals surface area contributed by atoms with Gasteiger partial charge in [0.2, 0.25) is 5.79 Å². The molecule has 2 aliphatic carbocycles. The standard InChI is InChI=1S/C19H23Br2NO4/c1-23-13-8-11(20)9-6-12-10-7-14(21)19(24-2,25-3)17-18(10,4-5-22-12)15(9)16(13)26-17/h8,10,12,14,17,22H,4-7H2,1-3H3. The molecule has 1 aromatic rings. The molecule has 26 heavy (non-hydrogen) atoms. The minimum absolute atomic E-state index is 0.0563. The van der Waals surface area contributed by atoms with Gasteiger partial charge >= 0.3 is 0 Å². The minimum atomic E-state index is -0.830. The molecule has 142 valence electrons. The van der Waals surface area contributed by atoms with Crippen molar-refractivity contribution < 1.29 is 18.9 Å². The van der Waals surface area contributed by atoms with Gasteiger partial charge in [-0.05, 0) is 43.4 Å². The van der Waals surface area contributed by atoms with Crippen molar-refractivity contribution in [2.24, 2.45) is 5.92 Å². The summed E-state index contributed by atoms with van der Waals surface area (Å²) in [5.41, 5.74) is 2.53. The van der Waals surface area contributed by atoms with Gasteiger partial charge < -0.3 is 24.3 Å². The zero-order chi connectivity index (χ0) is 18.3. The molecule has 1 N–H and O–H groups in total. The van der Waals surface area contributed by atoms with Crippen LogP contribution in [0.1, 0.15) is 24.0 Å². The maximum atomic E-state index is 6.67. The average molecular weight is 489 g/mol. The summed E-state index contributed by atoms with van der Waals surface area (Å²) in [6, 6.07) is 2.47. The molecule has 2 fully saturated rings. The molecule has 5 atom stereocenters. The lowest BCUT2D eigenvalue weighted by molar-refractivity contribution is -0.283. The SMILES string of the molecule is COc1cc(Br)c2c3c1OC1C(OC)(OC)C(Br)CC4C(C2)NCCC341. The molecular weight excluding hydrogens is 466 g/mol. The van der Waals surface area contributed by atoms with Gasteiger partial charge in [-0.15, -0.1) is 0 Å². The Balaban J connectivity index is 1.82. The Labute approximate surface area is 170 Å². The van der Waals surface area contributed by atoms with E-state index in [1.165, 1.54) is 11.1 Å². The van der Waals surface area contributed by atoms with Gasteiger partial charge in [0, 0.05) is 35.7 Å². The summed E-state index contributed by atoms with van der Waals surface area (Å²) in [7, 11) is 5.14. The quantitative estimate of drug-likeness (QED) is 0.523. The van der Waals surface area contributed by atoms with Crippen molar-refractivity contribution in [3.05, 3.63) is 21.7 Å². The smallest absolute Gasteiger partial charge is 0.219 e. The van der Waals surface area contributed by atoms with Crippen LogP contribution in [0.15, 0.2) is 10.5 Å². The van der Waals surface area contributed by atoms with Gasteiger partial charge in [-0.25, -0.2) is 0 Å². The summed E-state index contributed by atoms with van der Waals surface area (Å²) in [6.07, 6.45) is 2.77. The van der Waals surface area contributed by atoms with E-state index in [0.29, 0.717) is 12.0 Å². The highest BCUT2D eigenvalue weighted by molar-refractivity contribution is 9.10. The van der Waals surface area contributed by atoms with Gasteiger partial charge in [-0.2, -0.15) is 0 Å². The number of rotatable bonds is 3. The number of ether oxygens (including phenoxy) is 4. The predicted octanol–water partition coefficient (Wildman–Crippen LogP) is 3.15. The first kappa shape index (κ1) is 17.7. The first-order chi connectivity index (χ1) is 12.5. The first-order valence-electron chi connectivity index (χ1n) is 9.07. The van der Waals surface area contributed by atoms with Crippen molar-refractivity contribution in [2.45, 2.75) is 47.4 Å². The number of nitrogens with one attached hydrogen (secondary N) is 1. The number of benzene rings is 1. The Morgan fingerprint density at radius 2 is 2.04 bits per heavy atom. The van der Waals surface area contributed by atoms with Gasteiger partial charge in [0.25, 0.3) is 0 Å². The minimum Gasteiger partial charge on any atom is -0.493 e. The third-order valence-electron chi connectivity index (χ3n) is 7.11. The topological polar surface area (TPSA) is 49.0 Å². The van der Waals surface area contributed by atoms with Crippen molar-refractivity contribution in [2.75, 3.05) is 27.9 Å². The normalized spacial score (nSPS) is 38.5. The van der Waals surface area contributed by atoms with Gasteiger partial charge in [-0.1, -0.05) is 31.9 Å². The highest BCUT2D eigenvalue weighted by Crippen LogP contribution is 2.66. The summed E-state index contributed by atoms with van der Waals surface area (Å²) in [6.45, 7) is 0.977. The van der Waals surface area contributed by atoms with E-state index in [0.717, 1.165) is 41.8 Å². The maximum absolute atomic E-state index is 6.67. The van der Waals surface area contributed by atoms with Crippen LogP contribution in [0.2, 0.25) is 0 Å².